The first-order chi connectivity index (χ1) is 12.3. The molecule has 0 amide bonds. The zero-order valence-corrected chi connectivity index (χ0v) is 15.0. The summed E-state index contributed by atoms with van der Waals surface area (Å²) < 4.78 is 10.4. The van der Waals surface area contributed by atoms with Crippen LogP contribution in [0, 0.1) is 19.1 Å². The molecular weight excluding hydrogens is 340 g/mol. The van der Waals surface area contributed by atoms with Crippen LogP contribution >= 0.6 is 0 Å². The summed E-state index contributed by atoms with van der Waals surface area (Å²) in [5.74, 6) is -1.95. The largest absolute Gasteiger partial charge is 0.618 e. The number of esters is 2. The number of aromatic amines is 1. The maximum atomic E-state index is 12.6. The maximum Gasteiger partial charge on any atom is 0.405 e. The fraction of sp³-hybridized carbons (Fsp3) is 0.333. The van der Waals surface area contributed by atoms with Gasteiger partial charge < -0.3 is 19.7 Å². The molecule has 2 rings (SSSR count). The number of hydrogen-bond donors (Lipinski definition) is 1. The van der Waals surface area contributed by atoms with Crippen LogP contribution < -0.4 is 4.73 Å². The lowest BCUT2D eigenvalue weighted by molar-refractivity contribution is -0.608. The molecular formula is C18H20N2O6. The molecule has 26 heavy (non-hydrogen) atoms. The van der Waals surface area contributed by atoms with Crippen molar-refractivity contribution in [2.75, 3.05) is 6.61 Å². The van der Waals surface area contributed by atoms with Gasteiger partial charge >= 0.3 is 17.6 Å². The van der Waals surface area contributed by atoms with Gasteiger partial charge in [-0.15, -0.1) is 0 Å². The number of H-pyrrole nitrogens is 1. The van der Waals surface area contributed by atoms with Crippen LogP contribution in [0.1, 0.15) is 56.4 Å². The second-order valence-corrected chi connectivity index (χ2v) is 5.67. The topological polar surface area (TPSA) is 112 Å². The Morgan fingerprint density at radius 3 is 2.54 bits per heavy atom. The molecule has 2 heterocycles. The molecule has 8 heteroatoms. The third-order valence-electron chi connectivity index (χ3n) is 3.85. The summed E-state index contributed by atoms with van der Waals surface area (Å²) in [4.78, 5) is 39.6. The van der Waals surface area contributed by atoms with Gasteiger partial charge in [-0.2, -0.15) is 4.73 Å². The van der Waals surface area contributed by atoms with Gasteiger partial charge in [-0.25, -0.2) is 9.59 Å². The highest BCUT2D eigenvalue weighted by Gasteiger charge is 2.29. The number of carbonyl (C=O) groups is 3. The minimum atomic E-state index is -1.14. The standard InChI is InChI=1S/C18H20N2O6/c1-5-25-18(23)14-10(2)15(19-11(14)3)16(21)12(4)26-17(22)13-8-6-7-9-20(13)24/h6-9,12,19H,5H2,1-4H3/t12-/m1/s1. The Morgan fingerprint density at radius 1 is 1.23 bits per heavy atom. The van der Waals surface area contributed by atoms with E-state index in [0.29, 0.717) is 16.0 Å². The third-order valence-corrected chi connectivity index (χ3v) is 3.85. The van der Waals surface area contributed by atoms with E-state index >= 15 is 0 Å². The molecule has 1 atom stereocenters. The molecule has 0 aliphatic carbocycles. The molecule has 0 aliphatic rings. The highest BCUT2D eigenvalue weighted by molar-refractivity contribution is 6.04. The number of ketones is 1. The van der Waals surface area contributed by atoms with Gasteiger partial charge in [0.1, 0.15) is 0 Å². The Bertz CT molecular complexity index is 855. The predicted octanol–water partition coefficient (Wildman–Crippen LogP) is 1.87. The van der Waals surface area contributed by atoms with Gasteiger partial charge in [0.2, 0.25) is 5.78 Å². The first-order valence-corrected chi connectivity index (χ1v) is 8.07. The lowest BCUT2D eigenvalue weighted by Crippen LogP contribution is -2.36. The van der Waals surface area contributed by atoms with E-state index in [1.807, 2.05) is 0 Å². The quantitative estimate of drug-likeness (QED) is 0.364. The summed E-state index contributed by atoms with van der Waals surface area (Å²) >= 11 is 0. The smallest absolute Gasteiger partial charge is 0.405 e. The van der Waals surface area contributed by atoms with Crippen molar-refractivity contribution in [3.8, 4) is 0 Å². The number of aryl methyl sites for hydroxylation is 1. The molecule has 2 aromatic rings. The van der Waals surface area contributed by atoms with Crippen LogP contribution in [0.5, 0.6) is 0 Å². The highest BCUT2D eigenvalue weighted by Crippen LogP contribution is 2.21. The average Bonchev–Trinajstić information content (AvgIpc) is 2.89. The number of aromatic nitrogens is 2. The van der Waals surface area contributed by atoms with E-state index in [2.05, 4.69) is 4.98 Å². The Balaban J connectivity index is 2.21. The lowest BCUT2D eigenvalue weighted by Gasteiger charge is -2.12. The zero-order valence-electron chi connectivity index (χ0n) is 15.0. The van der Waals surface area contributed by atoms with Gasteiger partial charge in [0.05, 0.1) is 17.9 Å². The van der Waals surface area contributed by atoms with Gasteiger partial charge in [-0.3, -0.25) is 4.79 Å². The molecule has 0 aromatic carbocycles. The summed E-state index contributed by atoms with van der Waals surface area (Å²) in [6, 6.07) is 4.29. The van der Waals surface area contributed by atoms with Crippen molar-refractivity contribution in [3.63, 3.8) is 0 Å². The lowest BCUT2D eigenvalue weighted by atomic mass is 10.1. The molecule has 0 unspecified atom stereocenters. The minimum absolute atomic E-state index is 0.161. The van der Waals surface area contributed by atoms with Crippen LogP contribution in [-0.2, 0) is 9.47 Å². The Labute approximate surface area is 150 Å². The van der Waals surface area contributed by atoms with E-state index in [0.717, 1.165) is 6.20 Å². The second kappa shape index (κ2) is 7.81. The molecule has 2 aromatic heterocycles. The van der Waals surface area contributed by atoms with Crippen LogP contribution in [-0.4, -0.2) is 35.4 Å². The molecule has 8 nitrogen and oxygen atoms in total. The van der Waals surface area contributed by atoms with Crippen LogP contribution in [0.15, 0.2) is 24.4 Å². The van der Waals surface area contributed by atoms with Gasteiger partial charge in [0, 0.05) is 17.8 Å². The molecule has 1 N–H and O–H groups in total. The van der Waals surface area contributed by atoms with E-state index in [1.165, 1.54) is 25.1 Å². The normalized spacial score (nSPS) is 11.7. The van der Waals surface area contributed by atoms with Crippen molar-refractivity contribution in [3.05, 3.63) is 57.8 Å². The van der Waals surface area contributed by atoms with Crippen LogP contribution in [0.2, 0.25) is 0 Å². The van der Waals surface area contributed by atoms with E-state index in [-0.39, 0.29) is 23.6 Å². The minimum Gasteiger partial charge on any atom is -0.618 e. The molecule has 0 radical (unpaired) electrons. The average molecular weight is 360 g/mol. The number of rotatable bonds is 6. The van der Waals surface area contributed by atoms with Crippen molar-refractivity contribution in [1.29, 1.82) is 0 Å². The molecule has 0 bridgehead atoms. The van der Waals surface area contributed by atoms with E-state index < -0.39 is 23.8 Å². The van der Waals surface area contributed by atoms with Crippen molar-refractivity contribution < 1.29 is 28.6 Å². The van der Waals surface area contributed by atoms with E-state index in [4.69, 9.17) is 9.47 Å². The first kappa shape index (κ1) is 19.2. The summed E-state index contributed by atoms with van der Waals surface area (Å²) in [6.07, 6.45) is 0.0159. The Hall–Kier alpha value is -3.16. The van der Waals surface area contributed by atoms with Crippen LogP contribution in [0.25, 0.3) is 0 Å². The SMILES string of the molecule is CCOC(=O)c1c(C)[nH]c(C(=O)[C@@H](C)OC(=O)c2cccc[n+]2[O-])c1C. The number of pyridine rings is 1. The van der Waals surface area contributed by atoms with Crippen molar-refractivity contribution >= 4 is 17.7 Å². The number of nitrogens with zero attached hydrogens (tertiary/aromatic N) is 1. The maximum absolute atomic E-state index is 12.6. The van der Waals surface area contributed by atoms with Crippen LogP contribution in [0.3, 0.4) is 0 Å². The molecule has 0 saturated heterocycles. The van der Waals surface area contributed by atoms with Gasteiger partial charge in [0.25, 0.3) is 0 Å². The van der Waals surface area contributed by atoms with E-state index in [1.54, 1.807) is 20.8 Å². The Kier molecular flexibility index (Phi) is 5.76. The van der Waals surface area contributed by atoms with Crippen molar-refractivity contribution in [2.45, 2.75) is 33.8 Å². The number of ether oxygens (including phenoxy) is 2. The second-order valence-electron chi connectivity index (χ2n) is 5.67. The third kappa shape index (κ3) is 3.74. The summed E-state index contributed by atoms with van der Waals surface area (Å²) in [5, 5.41) is 11.6. The fourth-order valence-corrected chi connectivity index (χ4v) is 2.57. The van der Waals surface area contributed by atoms with Gasteiger partial charge in [0.15, 0.2) is 12.3 Å². The zero-order chi connectivity index (χ0) is 19.4. The summed E-state index contributed by atoms with van der Waals surface area (Å²) in [6.45, 7) is 6.57. The summed E-state index contributed by atoms with van der Waals surface area (Å²) in [5.41, 5.74) is 1.14. The number of Topliss-reactive ketones (excluding diaryl/α,β-unsaturated/α-hetero) is 1. The van der Waals surface area contributed by atoms with Gasteiger partial charge in [-0.1, -0.05) is 0 Å². The van der Waals surface area contributed by atoms with Crippen molar-refractivity contribution in [2.24, 2.45) is 0 Å². The van der Waals surface area contributed by atoms with Crippen LogP contribution in [0.4, 0.5) is 0 Å². The summed E-state index contributed by atoms with van der Waals surface area (Å²) in [7, 11) is 0. The molecule has 0 aliphatic heterocycles. The predicted molar refractivity (Wildman–Crippen MR) is 90.8 cm³/mol. The molecule has 0 fully saturated rings. The number of carbonyl (C=O) groups excluding carboxylic acids is 3. The van der Waals surface area contributed by atoms with E-state index in [9.17, 15) is 19.6 Å². The Morgan fingerprint density at radius 2 is 1.92 bits per heavy atom. The monoisotopic (exact) mass is 360 g/mol. The molecule has 0 saturated carbocycles. The molecule has 138 valence electrons. The van der Waals surface area contributed by atoms with Gasteiger partial charge in [-0.05, 0) is 39.3 Å². The molecule has 0 spiro atoms. The highest BCUT2D eigenvalue weighted by atomic mass is 16.6. The number of hydrogen-bond acceptors (Lipinski definition) is 6. The van der Waals surface area contributed by atoms with Crippen molar-refractivity contribution in [1.82, 2.24) is 4.98 Å². The fourth-order valence-electron chi connectivity index (χ4n) is 2.57. The first-order valence-electron chi connectivity index (χ1n) is 8.07. The number of nitrogens with one attached hydrogen (secondary N) is 1.